The van der Waals surface area contributed by atoms with Crippen molar-refractivity contribution in [2.24, 2.45) is 0 Å². The van der Waals surface area contributed by atoms with Crippen molar-refractivity contribution in [3.05, 3.63) is 64.2 Å². The third-order valence-electron chi connectivity index (χ3n) is 3.19. The summed E-state index contributed by atoms with van der Waals surface area (Å²) in [5.74, 6) is -0.747. The van der Waals surface area contributed by atoms with Gasteiger partial charge in [0.25, 0.3) is 5.69 Å². The van der Waals surface area contributed by atoms with Gasteiger partial charge in [0, 0.05) is 23.5 Å². The number of anilines is 2. The molecule has 0 aliphatic heterocycles. The Balaban J connectivity index is 1.89. The number of nitrogens with zero attached hydrogens (tertiary/aromatic N) is 1. The third kappa shape index (κ3) is 5.31. The summed E-state index contributed by atoms with van der Waals surface area (Å²) in [6.07, 6.45) is 0. The molecule has 0 aromatic heterocycles. The van der Waals surface area contributed by atoms with Gasteiger partial charge in [0.1, 0.15) is 0 Å². The van der Waals surface area contributed by atoms with E-state index >= 15 is 0 Å². The lowest BCUT2D eigenvalue weighted by Crippen LogP contribution is -2.21. The number of nitro groups is 1. The van der Waals surface area contributed by atoms with Crippen LogP contribution in [0.2, 0.25) is 0 Å². The van der Waals surface area contributed by atoms with E-state index in [0.29, 0.717) is 23.5 Å². The first-order valence-corrected chi connectivity index (χ1v) is 7.55. The Hall–Kier alpha value is -3.42. The summed E-state index contributed by atoms with van der Waals surface area (Å²) in [7, 11) is 0. The minimum Gasteiger partial charge on any atom is -0.462 e. The van der Waals surface area contributed by atoms with Crippen LogP contribution in [0.1, 0.15) is 17.3 Å². The molecule has 0 bridgehead atoms. The maximum atomic E-state index is 11.9. The van der Waals surface area contributed by atoms with E-state index in [-0.39, 0.29) is 18.1 Å². The molecule has 2 rings (SSSR count). The number of rotatable bonds is 7. The molecular weight excluding hydrogens is 326 g/mol. The fourth-order valence-corrected chi connectivity index (χ4v) is 2.02. The zero-order chi connectivity index (χ0) is 18.2. The molecule has 8 heteroatoms. The van der Waals surface area contributed by atoms with Crippen molar-refractivity contribution in [3.8, 4) is 0 Å². The summed E-state index contributed by atoms with van der Waals surface area (Å²) >= 11 is 0. The summed E-state index contributed by atoms with van der Waals surface area (Å²) < 4.78 is 4.88. The fourth-order valence-electron chi connectivity index (χ4n) is 2.02. The fraction of sp³-hybridized carbons (Fsp3) is 0.176. The zero-order valence-corrected chi connectivity index (χ0v) is 13.5. The van der Waals surface area contributed by atoms with Crippen molar-refractivity contribution in [1.82, 2.24) is 0 Å². The van der Waals surface area contributed by atoms with Crippen LogP contribution in [-0.2, 0) is 9.53 Å². The predicted octanol–water partition coefficient (Wildman–Crippen LogP) is 2.82. The maximum Gasteiger partial charge on any atom is 0.338 e. The minimum atomic E-state index is -0.504. The number of ether oxygens (including phenoxy) is 1. The number of benzene rings is 2. The summed E-state index contributed by atoms with van der Waals surface area (Å²) in [5.41, 5.74) is 1.34. The molecule has 0 aliphatic rings. The van der Waals surface area contributed by atoms with Crippen LogP contribution in [0.4, 0.5) is 17.1 Å². The number of non-ortho nitro benzene ring substituents is 1. The Morgan fingerprint density at radius 1 is 1.12 bits per heavy atom. The van der Waals surface area contributed by atoms with Gasteiger partial charge in [-0.15, -0.1) is 0 Å². The Bertz CT molecular complexity index is 774. The van der Waals surface area contributed by atoms with E-state index in [0.717, 1.165) is 0 Å². The van der Waals surface area contributed by atoms with Gasteiger partial charge in [-0.3, -0.25) is 14.9 Å². The standard InChI is InChI=1S/C17H17N3O5/c1-2-25-17(22)12-6-8-13(9-7-12)19-16(21)11-18-14-4-3-5-15(10-14)20(23)24/h3-10,18H,2,11H2,1H3,(H,19,21). The van der Waals surface area contributed by atoms with Crippen molar-refractivity contribution >= 4 is 28.9 Å². The average Bonchev–Trinajstić information content (AvgIpc) is 2.61. The van der Waals surface area contributed by atoms with E-state index in [1.54, 1.807) is 37.3 Å². The Morgan fingerprint density at radius 2 is 1.84 bits per heavy atom. The molecule has 0 heterocycles. The van der Waals surface area contributed by atoms with E-state index in [1.807, 2.05) is 0 Å². The highest BCUT2D eigenvalue weighted by atomic mass is 16.6. The lowest BCUT2D eigenvalue weighted by Gasteiger charge is -2.08. The van der Waals surface area contributed by atoms with Gasteiger partial charge in [-0.1, -0.05) is 6.07 Å². The SMILES string of the molecule is CCOC(=O)c1ccc(NC(=O)CNc2cccc([N+](=O)[O-])c2)cc1. The summed E-state index contributed by atoms with van der Waals surface area (Å²) in [4.78, 5) is 33.7. The van der Waals surface area contributed by atoms with E-state index in [4.69, 9.17) is 4.74 Å². The van der Waals surface area contributed by atoms with Gasteiger partial charge in [0.05, 0.1) is 23.6 Å². The third-order valence-corrected chi connectivity index (χ3v) is 3.19. The predicted molar refractivity (Wildman–Crippen MR) is 92.6 cm³/mol. The van der Waals surface area contributed by atoms with E-state index in [2.05, 4.69) is 10.6 Å². The molecule has 0 atom stereocenters. The molecule has 0 saturated carbocycles. The number of nitro benzene ring substituents is 1. The molecule has 8 nitrogen and oxygen atoms in total. The molecule has 1 amide bonds. The second kappa shape index (κ2) is 8.44. The number of esters is 1. The van der Waals surface area contributed by atoms with Crippen LogP contribution in [0.25, 0.3) is 0 Å². The number of nitrogens with one attached hydrogen (secondary N) is 2. The first-order valence-electron chi connectivity index (χ1n) is 7.55. The summed E-state index contributed by atoms with van der Waals surface area (Å²) in [5, 5.41) is 16.2. The smallest absolute Gasteiger partial charge is 0.338 e. The lowest BCUT2D eigenvalue weighted by atomic mass is 10.2. The van der Waals surface area contributed by atoms with E-state index in [9.17, 15) is 19.7 Å². The van der Waals surface area contributed by atoms with E-state index < -0.39 is 10.9 Å². The van der Waals surface area contributed by atoms with Crippen molar-refractivity contribution in [2.45, 2.75) is 6.92 Å². The van der Waals surface area contributed by atoms with Gasteiger partial charge in [-0.05, 0) is 37.3 Å². The van der Waals surface area contributed by atoms with Crippen LogP contribution >= 0.6 is 0 Å². The molecule has 0 spiro atoms. The summed E-state index contributed by atoms with van der Waals surface area (Å²) in [6.45, 7) is 1.96. The van der Waals surface area contributed by atoms with Crippen LogP contribution in [-0.4, -0.2) is 30.0 Å². The number of hydrogen-bond acceptors (Lipinski definition) is 6. The Kier molecular flexibility index (Phi) is 6.05. The van der Waals surface area contributed by atoms with Gasteiger partial charge in [-0.2, -0.15) is 0 Å². The number of carbonyl (C=O) groups excluding carboxylic acids is 2. The number of hydrogen-bond donors (Lipinski definition) is 2. The molecule has 0 unspecified atom stereocenters. The quantitative estimate of drug-likeness (QED) is 0.454. The molecule has 130 valence electrons. The van der Waals surface area contributed by atoms with Gasteiger partial charge >= 0.3 is 5.97 Å². The lowest BCUT2D eigenvalue weighted by molar-refractivity contribution is -0.384. The highest BCUT2D eigenvalue weighted by molar-refractivity contribution is 5.95. The van der Waals surface area contributed by atoms with Crippen LogP contribution in [0.3, 0.4) is 0 Å². The number of amides is 1. The molecule has 25 heavy (non-hydrogen) atoms. The second-order valence-electron chi connectivity index (χ2n) is 5.01. The first kappa shape index (κ1) is 17.9. The van der Waals surface area contributed by atoms with Crippen molar-refractivity contribution in [3.63, 3.8) is 0 Å². The monoisotopic (exact) mass is 343 g/mol. The topological polar surface area (TPSA) is 111 Å². The molecule has 0 radical (unpaired) electrons. The largest absolute Gasteiger partial charge is 0.462 e. The molecule has 2 N–H and O–H groups in total. The zero-order valence-electron chi connectivity index (χ0n) is 13.5. The molecule has 0 aliphatic carbocycles. The van der Waals surface area contributed by atoms with Crippen LogP contribution in [0.5, 0.6) is 0 Å². The molecule has 2 aromatic rings. The Morgan fingerprint density at radius 3 is 2.48 bits per heavy atom. The van der Waals surface area contributed by atoms with Gasteiger partial charge < -0.3 is 15.4 Å². The van der Waals surface area contributed by atoms with Gasteiger partial charge in [0.2, 0.25) is 5.91 Å². The van der Waals surface area contributed by atoms with Crippen molar-refractivity contribution in [1.29, 1.82) is 0 Å². The summed E-state index contributed by atoms with van der Waals surface area (Å²) in [6, 6.07) is 12.2. The minimum absolute atomic E-state index is 0.0548. The average molecular weight is 343 g/mol. The van der Waals surface area contributed by atoms with Gasteiger partial charge in [0.15, 0.2) is 0 Å². The normalized spacial score (nSPS) is 9.96. The Labute approximate surface area is 144 Å². The first-order chi connectivity index (χ1) is 12.0. The highest BCUT2D eigenvalue weighted by Crippen LogP contribution is 2.17. The van der Waals surface area contributed by atoms with Crippen molar-refractivity contribution < 1.29 is 19.2 Å². The van der Waals surface area contributed by atoms with Crippen LogP contribution in [0.15, 0.2) is 48.5 Å². The molecule has 0 saturated heterocycles. The highest BCUT2D eigenvalue weighted by Gasteiger charge is 2.08. The second-order valence-corrected chi connectivity index (χ2v) is 5.01. The maximum absolute atomic E-state index is 11.9. The van der Waals surface area contributed by atoms with E-state index in [1.165, 1.54) is 18.2 Å². The van der Waals surface area contributed by atoms with Crippen molar-refractivity contribution in [2.75, 3.05) is 23.8 Å². The molecule has 2 aromatic carbocycles. The van der Waals surface area contributed by atoms with Gasteiger partial charge in [-0.25, -0.2) is 4.79 Å². The molecular formula is C17H17N3O5. The number of carbonyl (C=O) groups is 2. The van der Waals surface area contributed by atoms with Crippen LogP contribution < -0.4 is 10.6 Å². The molecule has 0 fully saturated rings. The van der Waals surface area contributed by atoms with Crippen LogP contribution in [0, 0.1) is 10.1 Å².